The molecule has 1 fully saturated rings. The van der Waals surface area contributed by atoms with Crippen LogP contribution in [0.4, 0.5) is 33.5 Å². The molecule has 0 amide bonds. The molecule has 3 atom stereocenters. The number of alkyl halides is 2. The first-order valence-electron chi connectivity index (χ1n) is 12.0. The van der Waals surface area contributed by atoms with Crippen LogP contribution in [0.2, 0.25) is 0 Å². The van der Waals surface area contributed by atoms with Crippen molar-refractivity contribution in [3.63, 3.8) is 0 Å². The molecular weight excluding hydrogens is 553 g/mol. The van der Waals surface area contributed by atoms with E-state index in [1.54, 1.807) is 6.07 Å². The number of halogens is 5. The number of nitrogens with two attached hydrogens (primary N) is 1. The summed E-state index contributed by atoms with van der Waals surface area (Å²) in [5.41, 5.74) is 5.00. The fraction of sp³-hybridized carbons (Fsp3) is 0.269. The van der Waals surface area contributed by atoms with Gasteiger partial charge in [-0.25, -0.2) is 36.9 Å². The van der Waals surface area contributed by atoms with Crippen molar-refractivity contribution >= 4 is 39.5 Å². The number of hydrogen-bond donors (Lipinski definition) is 2. The molecule has 2 aliphatic rings. The summed E-state index contributed by atoms with van der Waals surface area (Å²) < 4.78 is 75.6. The zero-order chi connectivity index (χ0) is 28.2. The van der Waals surface area contributed by atoms with E-state index in [-0.39, 0.29) is 52.4 Å². The van der Waals surface area contributed by atoms with Crippen molar-refractivity contribution in [2.45, 2.75) is 36.7 Å². The Kier molecular flexibility index (Phi) is 6.24. The quantitative estimate of drug-likeness (QED) is 0.281. The van der Waals surface area contributed by atoms with Crippen LogP contribution in [0.5, 0.6) is 5.88 Å². The van der Waals surface area contributed by atoms with Crippen LogP contribution in [0.1, 0.15) is 24.6 Å². The highest BCUT2D eigenvalue weighted by Crippen LogP contribution is 2.68. The number of hydrogen-bond acceptors (Lipinski definition) is 9. The van der Waals surface area contributed by atoms with Crippen LogP contribution in [-0.4, -0.2) is 36.3 Å². The highest BCUT2D eigenvalue weighted by Gasteiger charge is 2.71. The number of thioether (sulfide) groups is 1. The van der Waals surface area contributed by atoms with E-state index in [0.29, 0.717) is 5.52 Å². The van der Waals surface area contributed by atoms with E-state index in [4.69, 9.17) is 10.5 Å². The van der Waals surface area contributed by atoms with Gasteiger partial charge in [0.25, 0.3) is 6.43 Å². The number of ether oxygens (including phenoxy) is 1. The Morgan fingerprint density at radius 1 is 1.12 bits per heavy atom. The molecule has 0 unspecified atom stereocenters. The van der Waals surface area contributed by atoms with Gasteiger partial charge in [0.05, 0.1) is 22.0 Å². The average Bonchev–Trinajstić information content (AvgIpc) is 3.67. The molecule has 0 spiro atoms. The molecular formula is C26H20F5N7OS. The number of aliphatic imine (C=N–C) groups is 1. The Hall–Kier alpha value is -4.07. The normalized spacial score (nSPS) is 23.6. The van der Waals surface area contributed by atoms with Crippen LogP contribution in [0.3, 0.4) is 0 Å². The van der Waals surface area contributed by atoms with E-state index in [1.165, 1.54) is 43.7 Å². The van der Waals surface area contributed by atoms with Gasteiger partial charge in [-0.15, -0.1) is 0 Å². The third-order valence-corrected chi connectivity index (χ3v) is 8.41. The SMILES string of the molecule is C[C@@]1(c2cc(Nc3nccc4nc(OCc5ncccc5F)cnc34)cc(F)c2F)N=C(N)S[C@@]2(C(F)F)C[C@@H]12. The number of amidine groups is 1. The Balaban J connectivity index is 1.30. The third-order valence-electron chi connectivity index (χ3n) is 7.10. The maximum atomic E-state index is 15.1. The summed E-state index contributed by atoms with van der Waals surface area (Å²) in [7, 11) is 0. The summed E-state index contributed by atoms with van der Waals surface area (Å²) >= 11 is 0.778. The van der Waals surface area contributed by atoms with Gasteiger partial charge in [0, 0.05) is 35.6 Å². The first kappa shape index (κ1) is 26.2. The zero-order valence-corrected chi connectivity index (χ0v) is 21.5. The lowest BCUT2D eigenvalue weighted by atomic mass is 9.85. The number of aromatic nitrogens is 4. The molecule has 1 aliphatic carbocycles. The third kappa shape index (κ3) is 4.35. The van der Waals surface area contributed by atoms with Crippen molar-refractivity contribution < 1.29 is 26.7 Å². The van der Waals surface area contributed by atoms with E-state index < -0.39 is 40.1 Å². The van der Waals surface area contributed by atoms with Gasteiger partial charge >= 0.3 is 0 Å². The van der Waals surface area contributed by atoms with Crippen LogP contribution in [0, 0.1) is 23.4 Å². The highest BCUT2D eigenvalue weighted by atomic mass is 32.2. The van der Waals surface area contributed by atoms with Crippen LogP contribution >= 0.6 is 11.8 Å². The predicted octanol–water partition coefficient (Wildman–Crippen LogP) is 5.46. The smallest absolute Gasteiger partial charge is 0.253 e. The average molecular weight is 574 g/mol. The Labute approximate surface area is 228 Å². The molecule has 6 rings (SSSR count). The predicted molar refractivity (Wildman–Crippen MR) is 139 cm³/mol. The topological polar surface area (TPSA) is 111 Å². The zero-order valence-electron chi connectivity index (χ0n) is 20.7. The fourth-order valence-electron chi connectivity index (χ4n) is 5.03. The van der Waals surface area contributed by atoms with Crippen LogP contribution in [-0.2, 0) is 12.1 Å². The van der Waals surface area contributed by atoms with E-state index in [9.17, 15) is 17.6 Å². The van der Waals surface area contributed by atoms with E-state index >= 15 is 4.39 Å². The van der Waals surface area contributed by atoms with Crippen molar-refractivity contribution in [1.82, 2.24) is 19.9 Å². The second-order valence-electron chi connectivity index (χ2n) is 9.61. The van der Waals surface area contributed by atoms with E-state index in [1.807, 2.05) is 0 Å². The number of anilines is 2. The molecule has 1 aliphatic heterocycles. The first-order chi connectivity index (χ1) is 19.1. The fourth-order valence-corrected chi connectivity index (χ4v) is 6.36. The van der Waals surface area contributed by atoms with Gasteiger partial charge in [-0.3, -0.25) is 9.98 Å². The van der Waals surface area contributed by atoms with Crippen LogP contribution in [0.15, 0.2) is 53.9 Å². The van der Waals surface area contributed by atoms with Crippen molar-refractivity contribution in [3.8, 4) is 5.88 Å². The van der Waals surface area contributed by atoms with Crippen molar-refractivity contribution in [1.29, 1.82) is 0 Å². The molecule has 3 aromatic heterocycles. The lowest BCUT2D eigenvalue weighted by Crippen LogP contribution is -2.39. The molecule has 1 saturated carbocycles. The molecule has 4 aromatic rings. The molecule has 206 valence electrons. The molecule has 4 heterocycles. The lowest BCUT2D eigenvalue weighted by molar-refractivity contribution is 0.123. The summed E-state index contributed by atoms with van der Waals surface area (Å²) in [4.78, 5) is 21.1. The highest BCUT2D eigenvalue weighted by molar-refractivity contribution is 8.15. The van der Waals surface area contributed by atoms with Gasteiger partial charge in [0.1, 0.15) is 23.6 Å². The number of nitrogens with zero attached hydrogens (tertiary/aromatic N) is 5. The van der Waals surface area contributed by atoms with Gasteiger partial charge in [0.15, 0.2) is 22.6 Å². The Morgan fingerprint density at radius 2 is 1.95 bits per heavy atom. The standard InChI is InChI=1S/C26H20F5N7OS/c1-25(18-9-26(18,23(30)31)40-24(32)38-25)13-7-12(8-15(28)20(13)29)36-22-21-16(4-6-34-22)37-19(10-35-21)39-11-17-14(27)3-2-5-33-17/h2-8,10,18,23H,9,11H2,1H3,(H2,32,38)(H,34,36)/t18-,25-,26-/m0/s1. The first-order valence-corrected chi connectivity index (χ1v) is 12.9. The molecule has 0 saturated heterocycles. The van der Waals surface area contributed by atoms with Crippen molar-refractivity contribution in [3.05, 3.63) is 77.6 Å². The van der Waals surface area contributed by atoms with Crippen molar-refractivity contribution in [2.75, 3.05) is 5.32 Å². The lowest BCUT2D eigenvalue weighted by Gasteiger charge is -2.34. The van der Waals surface area contributed by atoms with Gasteiger partial charge in [-0.1, -0.05) is 11.8 Å². The largest absolute Gasteiger partial charge is 0.470 e. The van der Waals surface area contributed by atoms with Crippen molar-refractivity contribution in [2.24, 2.45) is 16.6 Å². The summed E-state index contributed by atoms with van der Waals surface area (Å²) in [6.07, 6.45) is 1.53. The van der Waals surface area contributed by atoms with Gasteiger partial charge in [-0.2, -0.15) is 0 Å². The molecule has 8 nitrogen and oxygen atoms in total. The second kappa shape index (κ2) is 9.54. The van der Waals surface area contributed by atoms with E-state index in [2.05, 4.69) is 30.2 Å². The molecule has 0 radical (unpaired) electrons. The number of rotatable bonds is 7. The number of pyridine rings is 2. The molecule has 14 heteroatoms. The minimum Gasteiger partial charge on any atom is -0.470 e. The van der Waals surface area contributed by atoms with E-state index in [0.717, 1.165) is 17.8 Å². The number of fused-ring (bicyclic) bond motifs is 2. The number of benzene rings is 1. The van der Waals surface area contributed by atoms with Gasteiger partial charge < -0.3 is 15.8 Å². The summed E-state index contributed by atoms with van der Waals surface area (Å²) in [5.74, 6) is -3.36. The monoisotopic (exact) mass is 573 g/mol. The Bertz CT molecular complexity index is 1670. The summed E-state index contributed by atoms with van der Waals surface area (Å²) in [5, 5.41) is 2.81. The minimum absolute atomic E-state index is 0.0621. The van der Waals surface area contributed by atoms with Crippen LogP contribution in [0.25, 0.3) is 11.0 Å². The Morgan fingerprint density at radius 3 is 2.73 bits per heavy atom. The maximum Gasteiger partial charge on any atom is 0.253 e. The molecule has 0 bridgehead atoms. The summed E-state index contributed by atoms with van der Waals surface area (Å²) in [6, 6.07) is 6.53. The minimum atomic E-state index is -2.71. The van der Waals surface area contributed by atoms with Crippen LogP contribution < -0.4 is 15.8 Å². The molecule has 40 heavy (non-hydrogen) atoms. The van der Waals surface area contributed by atoms with Gasteiger partial charge in [-0.05, 0) is 37.6 Å². The number of nitrogens with one attached hydrogen (secondary N) is 1. The summed E-state index contributed by atoms with van der Waals surface area (Å²) in [6.45, 7) is 1.31. The second-order valence-corrected chi connectivity index (χ2v) is 11.0. The molecule has 3 N–H and O–H groups in total. The van der Waals surface area contributed by atoms with Gasteiger partial charge in [0.2, 0.25) is 5.88 Å². The molecule has 1 aromatic carbocycles. The maximum absolute atomic E-state index is 15.1.